The number of aliphatic hydroxyl groups excluding tert-OH is 2. The molecule has 312 valence electrons. The number of benzene rings is 3. The molecule has 2 N–H and O–H groups in total. The molecule has 1 saturated carbocycles. The van der Waals surface area contributed by atoms with Crippen LogP contribution in [0.25, 0.3) is 11.1 Å². The second kappa shape index (κ2) is 19.4. The van der Waals surface area contributed by atoms with Crippen molar-refractivity contribution in [1.29, 1.82) is 0 Å². The van der Waals surface area contributed by atoms with E-state index in [4.69, 9.17) is 28.9 Å². The second-order valence-corrected chi connectivity index (χ2v) is 16.9. The molecule has 1 heterocycles. The van der Waals surface area contributed by atoms with Gasteiger partial charge in [-0.15, -0.1) is 6.58 Å². The lowest BCUT2D eigenvalue weighted by atomic mass is 9.55. The highest BCUT2D eigenvalue weighted by atomic mass is 16.7. The van der Waals surface area contributed by atoms with Gasteiger partial charge >= 0.3 is 6.09 Å². The molecular weight excluding hydrogens is 733 g/mol. The summed E-state index contributed by atoms with van der Waals surface area (Å²) >= 11 is 0. The molecule has 3 aromatic rings. The molecule has 0 radical (unpaired) electrons. The summed E-state index contributed by atoms with van der Waals surface area (Å²) in [7, 11) is 1.74. The summed E-state index contributed by atoms with van der Waals surface area (Å²) in [6.45, 7) is 13.0. The molecule has 0 spiro atoms. The fraction of sp³-hybridized carbons (Fsp3) is 0.500. The van der Waals surface area contributed by atoms with Gasteiger partial charge in [-0.2, -0.15) is 0 Å². The van der Waals surface area contributed by atoms with Crippen molar-refractivity contribution in [2.45, 2.75) is 90.4 Å². The Kier molecular flexibility index (Phi) is 14.4. The van der Waals surface area contributed by atoms with Crippen LogP contribution in [-0.2, 0) is 14.3 Å². The Morgan fingerprint density at radius 3 is 2.33 bits per heavy atom. The molecule has 1 fully saturated rings. The van der Waals surface area contributed by atoms with Gasteiger partial charge in [0.15, 0.2) is 0 Å². The quantitative estimate of drug-likeness (QED) is 0.0743. The maximum absolute atomic E-state index is 14.0. The molecule has 6 rings (SSSR count). The minimum atomic E-state index is -1.35. The van der Waals surface area contributed by atoms with Crippen LogP contribution in [0.5, 0.6) is 17.2 Å². The molecule has 1 aliphatic heterocycles. The van der Waals surface area contributed by atoms with Gasteiger partial charge in [0, 0.05) is 38.2 Å². The molecule has 6 atom stereocenters. The third kappa shape index (κ3) is 9.62. The van der Waals surface area contributed by atoms with Crippen LogP contribution in [0.1, 0.15) is 84.1 Å². The number of rotatable bonds is 18. The van der Waals surface area contributed by atoms with Crippen LogP contribution in [0.15, 0.2) is 102 Å². The number of ether oxygens (including phenoxy) is 4. The summed E-state index contributed by atoms with van der Waals surface area (Å²) < 4.78 is 26.7. The molecule has 3 aromatic carbocycles. The maximum Gasteiger partial charge on any atom is 0.410 e. The molecule has 2 aliphatic carbocycles. The van der Waals surface area contributed by atoms with Gasteiger partial charge in [0.2, 0.25) is 5.79 Å². The monoisotopic (exact) mass is 794 g/mol. The molecule has 0 bridgehead atoms. The van der Waals surface area contributed by atoms with Gasteiger partial charge in [0.25, 0.3) is 0 Å². The Bertz CT molecular complexity index is 1890. The standard InChI is InChI=1S/C48H62N2O8/c1-7-28-55-48-43(50(6)46(53)54-32-47(3,4)5)31-41(49-56-8-2)39-29-35(18-12-14-26-51)38(19-13-15-27-52)44(45(39)48)40-30-37(24-25-42(40)58-48)57-36-22-20-34(21-23-36)33-16-10-9-11-17-33/h7,9-11,16-17,20-25,29-30,35,38,43-45,51-52H,1,8,12-15,18-19,26-28,31-32H2,2-6H3. The minimum absolute atomic E-state index is 0.0963. The molecule has 6 unspecified atom stereocenters. The van der Waals surface area contributed by atoms with Gasteiger partial charge < -0.3 is 38.9 Å². The third-order valence-corrected chi connectivity index (χ3v) is 11.5. The SMILES string of the molecule is C=CCOC12Oc3ccc(Oc4ccc(-c5ccccc5)cc4)cc3C3C(CCCCO)C(CCCCO)C=C(C(=NOCC)CC1N(C)C(=O)OCC(C)(C)C)C32. The Morgan fingerprint density at radius 1 is 0.966 bits per heavy atom. The molecule has 0 saturated heterocycles. The lowest BCUT2D eigenvalue weighted by Crippen LogP contribution is -2.69. The molecule has 58 heavy (non-hydrogen) atoms. The summed E-state index contributed by atoms with van der Waals surface area (Å²) in [4.78, 5) is 21.4. The van der Waals surface area contributed by atoms with Gasteiger partial charge in [-0.3, -0.25) is 0 Å². The number of hydrogen-bond acceptors (Lipinski definition) is 9. The van der Waals surface area contributed by atoms with E-state index in [0.717, 1.165) is 53.7 Å². The molecule has 10 nitrogen and oxygen atoms in total. The smallest absolute Gasteiger partial charge is 0.410 e. The Morgan fingerprint density at radius 2 is 1.66 bits per heavy atom. The number of likely N-dealkylation sites (N-methyl/N-ethyl adjacent to an activating group) is 1. The van der Waals surface area contributed by atoms with Crippen molar-refractivity contribution in [3.63, 3.8) is 0 Å². The number of nitrogens with zero attached hydrogens (tertiary/aromatic N) is 2. The highest BCUT2D eigenvalue weighted by Crippen LogP contribution is 2.62. The summed E-state index contributed by atoms with van der Waals surface area (Å²) in [5, 5.41) is 24.5. The lowest BCUT2D eigenvalue weighted by molar-refractivity contribution is -0.253. The number of hydrogen-bond donors (Lipinski definition) is 2. The van der Waals surface area contributed by atoms with Crippen LogP contribution >= 0.6 is 0 Å². The van der Waals surface area contributed by atoms with Gasteiger partial charge in [-0.1, -0.05) is 93.4 Å². The van der Waals surface area contributed by atoms with Crippen molar-refractivity contribution in [2.24, 2.45) is 28.3 Å². The first-order chi connectivity index (χ1) is 28.0. The van der Waals surface area contributed by atoms with Crippen LogP contribution in [0, 0.1) is 23.2 Å². The van der Waals surface area contributed by atoms with Crippen LogP contribution in [-0.4, -0.2) is 78.8 Å². The van der Waals surface area contributed by atoms with Gasteiger partial charge in [-0.05, 0) is 96.9 Å². The average Bonchev–Trinajstić information content (AvgIpc) is 3.22. The highest BCUT2D eigenvalue weighted by Gasteiger charge is 2.65. The Hall–Kier alpha value is -4.64. The second-order valence-electron chi connectivity index (χ2n) is 16.9. The van der Waals surface area contributed by atoms with Crippen molar-refractivity contribution in [3.05, 3.63) is 103 Å². The van der Waals surface area contributed by atoms with Crippen LogP contribution in [0.4, 0.5) is 4.79 Å². The van der Waals surface area contributed by atoms with Crippen molar-refractivity contribution in [3.8, 4) is 28.4 Å². The van der Waals surface area contributed by atoms with Gasteiger partial charge in [0.05, 0.1) is 24.8 Å². The zero-order chi connectivity index (χ0) is 41.3. The molecule has 3 aliphatic rings. The van der Waals surface area contributed by atoms with E-state index < -0.39 is 23.8 Å². The number of aliphatic hydroxyl groups is 2. The molecular formula is C48H62N2O8. The number of unbranched alkanes of at least 4 members (excludes halogenated alkanes) is 2. The third-order valence-electron chi connectivity index (χ3n) is 11.5. The molecule has 0 aromatic heterocycles. The van der Waals surface area contributed by atoms with E-state index in [-0.39, 0.29) is 49.6 Å². The number of carbonyl (C=O) groups is 1. The normalized spacial score (nSPS) is 24.2. The largest absolute Gasteiger partial charge is 0.459 e. The van der Waals surface area contributed by atoms with Crippen molar-refractivity contribution >= 4 is 11.8 Å². The summed E-state index contributed by atoms with van der Waals surface area (Å²) in [6.07, 6.45) is 8.64. The van der Waals surface area contributed by atoms with E-state index in [1.54, 1.807) is 18.0 Å². The number of amides is 1. The number of carbonyl (C=O) groups excluding carboxylic acids is 1. The number of oxime groups is 1. The van der Waals surface area contributed by atoms with E-state index in [0.29, 0.717) is 43.1 Å². The molecule has 10 heteroatoms. The minimum Gasteiger partial charge on any atom is -0.459 e. The summed E-state index contributed by atoms with van der Waals surface area (Å²) in [6, 6.07) is 23.7. The van der Waals surface area contributed by atoms with Crippen molar-refractivity contribution in [2.75, 3.05) is 40.1 Å². The lowest BCUT2D eigenvalue weighted by Gasteiger charge is -2.59. The Balaban J connectivity index is 1.50. The Labute approximate surface area is 344 Å². The summed E-state index contributed by atoms with van der Waals surface area (Å²) in [5.41, 5.74) is 4.72. The topological polar surface area (TPSA) is 119 Å². The zero-order valence-electron chi connectivity index (χ0n) is 34.9. The van der Waals surface area contributed by atoms with E-state index in [1.165, 1.54) is 0 Å². The molecule has 1 amide bonds. The highest BCUT2D eigenvalue weighted by molar-refractivity contribution is 6.03. The maximum atomic E-state index is 14.0. The van der Waals surface area contributed by atoms with Crippen LogP contribution in [0.2, 0.25) is 0 Å². The zero-order valence-corrected chi connectivity index (χ0v) is 34.9. The van der Waals surface area contributed by atoms with E-state index in [2.05, 4.69) is 43.0 Å². The number of fused-ring (bicyclic) bond motifs is 2. The first kappa shape index (κ1) is 43.0. The summed E-state index contributed by atoms with van der Waals surface area (Å²) in [5.74, 6) is 0.343. The van der Waals surface area contributed by atoms with Gasteiger partial charge in [0.1, 0.15) is 29.9 Å². The first-order valence-electron chi connectivity index (χ1n) is 21.0. The van der Waals surface area contributed by atoms with Crippen molar-refractivity contribution < 1.29 is 38.8 Å². The average molecular weight is 795 g/mol. The predicted octanol–water partition coefficient (Wildman–Crippen LogP) is 9.91. The fourth-order valence-corrected chi connectivity index (χ4v) is 8.92. The number of allylic oxidation sites excluding steroid dienone is 1. The van der Waals surface area contributed by atoms with E-state index >= 15 is 0 Å². The van der Waals surface area contributed by atoms with E-state index in [1.807, 2.05) is 70.2 Å². The van der Waals surface area contributed by atoms with Crippen LogP contribution in [0.3, 0.4) is 0 Å². The van der Waals surface area contributed by atoms with Crippen LogP contribution < -0.4 is 9.47 Å². The van der Waals surface area contributed by atoms with Crippen molar-refractivity contribution in [1.82, 2.24) is 4.90 Å². The fourth-order valence-electron chi connectivity index (χ4n) is 8.92. The van der Waals surface area contributed by atoms with E-state index in [9.17, 15) is 15.0 Å². The van der Waals surface area contributed by atoms with Gasteiger partial charge in [-0.25, -0.2) is 4.79 Å². The predicted molar refractivity (Wildman–Crippen MR) is 227 cm³/mol. The first-order valence-corrected chi connectivity index (χ1v) is 21.0.